The van der Waals surface area contributed by atoms with Gasteiger partial charge in [-0.15, -0.1) is 11.8 Å². The van der Waals surface area contributed by atoms with Gasteiger partial charge in [0, 0.05) is 11.1 Å². The fourth-order valence-corrected chi connectivity index (χ4v) is 2.42. The standard InChI is InChI=1S/C15H14N2O2S/c1-19-13-5-3-4-10(7-13)14-12(9-18)6-11(8-16)15(17-14)20-2/h3-7,18H,9H2,1-2H3. The number of hydrogen-bond donors (Lipinski definition) is 1. The maximum Gasteiger partial charge on any atom is 0.119 e. The highest BCUT2D eigenvalue weighted by molar-refractivity contribution is 7.98. The van der Waals surface area contributed by atoms with E-state index in [0.29, 0.717) is 21.8 Å². The number of aromatic nitrogens is 1. The number of pyridine rings is 1. The van der Waals surface area contributed by atoms with Crippen LogP contribution >= 0.6 is 11.8 Å². The van der Waals surface area contributed by atoms with Gasteiger partial charge in [-0.2, -0.15) is 5.26 Å². The van der Waals surface area contributed by atoms with Gasteiger partial charge in [0.25, 0.3) is 0 Å². The molecule has 4 nitrogen and oxygen atoms in total. The fraction of sp³-hybridized carbons (Fsp3) is 0.200. The first-order chi connectivity index (χ1) is 9.73. The van der Waals surface area contributed by atoms with E-state index in [2.05, 4.69) is 11.1 Å². The van der Waals surface area contributed by atoms with Crippen LogP contribution in [0.2, 0.25) is 0 Å². The van der Waals surface area contributed by atoms with E-state index in [1.165, 1.54) is 11.8 Å². The zero-order valence-corrected chi connectivity index (χ0v) is 12.1. The Balaban J connectivity index is 2.63. The summed E-state index contributed by atoms with van der Waals surface area (Å²) in [4.78, 5) is 4.50. The zero-order chi connectivity index (χ0) is 14.5. The van der Waals surface area contributed by atoms with E-state index in [-0.39, 0.29) is 6.61 Å². The van der Waals surface area contributed by atoms with Gasteiger partial charge in [-0.1, -0.05) is 12.1 Å². The minimum Gasteiger partial charge on any atom is -0.497 e. The minimum atomic E-state index is -0.164. The lowest BCUT2D eigenvalue weighted by Crippen LogP contribution is -1.98. The molecular weight excluding hydrogens is 272 g/mol. The first-order valence-corrected chi connectivity index (χ1v) is 7.19. The van der Waals surface area contributed by atoms with Gasteiger partial charge in [0.2, 0.25) is 0 Å². The van der Waals surface area contributed by atoms with E-state index in [4.69, 9.17) is 10.00 Å². The maximum atomic E-state index is 9.50. The topological polar surface area (TPSA) is 66.1 Å². The Hall–Kier alpha value is -2.03. The van der Waals surface area contributed by atoms with Crippen molar-refractivity contribution in [3.8, 4) is 23.1 Å². The molecule has 1 heterocycles. The summed E-state index contributed by atoms with van der Waals surface area (Å²) in [6, 6.07) is 11.3. The molecule has 1 aromatic heterocycles. The SMILES string of the molecule is COc1cccc(-c2nc(SC)c(C#N)cc2CO)c1. The molecule has 20 heavy (non-hydrogen) atoms. The first kappa shape index (κ1) is 14.4. The van der Waals surface area contributed by atoms with Crippen LogP contribution in [0.4, 0.5) is 0 Å². The van der Waals surface area contributed by atoms with E-state index in [9.17, 15) is 5.11 Å². The van der Waals surface area contributed by atoms with Crippen LogP contribution in [-0.4, -0.2) is 23.5 Å². The van der Waals surface area contributed by atoms with Gasteiger partial charge in [0.1, 0.15) is 16.8 Å². The molecule has 0 amide bonds. The maximum absolute atomic E-state index is 9.50. The lowest BCUT2D eigenvalue weighted by atomic mass is 10.0. The molecule has 5 heteroatoms. The molecule has 0 aliphatic carbocycles. The average Bonchev–Trinajstić information content (AvgIpc) is 2.53. The van der Waals surface area contributed by atoms with E-state index >= 15 is 0 Å². The Morgan fingerprint density at radius 3 is 2.80 bits per heavy atom. The normalized spacial score (nSPS) is 10.1. The summed E-state index contributed by atoms with van der Waals surface area (Å²) in [7, 11) is 1.60. The predicted octanol–water partition coefficient (Wildman–Crippen LogP) is 2.84. The molecule has 0 spiro atoms. The van der Waals surface area contributed by atoms with Crippen molar-refractivity contribution in [2.24, 2.45) is 0 Å². The van der Waals surface area contributed by atoms with E-state index < -0.39 is 0 Å². The third-order valence-electron chi connectivity index (χ3n) is 2.89. The molecule has 0 aliphatic rings. The highest BCUT2D eigenvalue weighted by atomic mass is 32.2. The number of benzene rings is 1. The molecule has 102 valence electrons. The molecule has 0 saturated heterocycles. The molecule has 0 unspecified atom stereocenters. The van der Waals surface area contributed by atoms with Gasteiger partial charge in [-0.25, -0.2) is 4.98 Å². The zero-order valence-electron chi connectivity index (χ0n) is 11.3. The number of rotatable bonds is 4. The molecule has 0 bridgehead atoms. The van der Waals surface area contributed by atoms with Crippen molar-refractivity contribution in [3.05, 3.63) is 41.5 Å². The summed E-state index contributed by atoms with van der Waals surface area (Å²) in [5.74, 6) is 0.725. The van der Waals surface area contributed by atoms with Crippen molar-refractivity contribution in [1.82, 2.24) is 4.98 Å². The van der Waals surface area contributed by atoms with Gasteiger partial charge in [0.15, 0.2) is 0 Å². The molecule has 1 aromatic carbocycles. The second-order valence-electron chi connectivity index (χ2n) is 4.05. The Bertz CT molecular complexity index is 665. The third-order valence-corrected chi connectivity index (χ3v) is 3.59. The van der Waals surface area contributed by atoms with Crippen LogP contribution in [0.1, 0.15) is 11.1 Å². The Labute approximate surface area is 122 Å². The van der Waals surface area contributed by atoms with Crippen molar-refractivity contribution < 1.29 is 9.84 Å². The fourth-order valence-electron chi connectivity index (χ4n) is 1.91. The van der Waals surface area contributed by atoms with Gasteiger partial charge in [-0.3, -0.25) is 0 Å². The molecule has 0 radical (unpaired) electrons. The quantitative estimate of drug-likeness (QED) is 0.875. The van der Waals surface area contributed by atoms with Gasteiger partial charge >= 0.3 is 0 Å². The number of methoxy groups -OCH3 is 1. The van der Waals surface area contributed by atoms with Crippen molar-refractivity contribution in [3.63, 3.8) is 0 Å². The smallest absolute Gasteiger partial charge is 0.119 e. The summed E-state index contributed by atoms with van der Waals surface area (Å²) >= 11 is 1.41. The molecule has 2 rings (SSSR count). The Morgan fingerprint density at radius 2 is 2.20 bits per heavy atom. The minimum absolute atomic E-state index is 0.164. The van der Waals surface area contributed by atoms with Gasteiger partial charge in [0.05, 0.1) is 25.0 Å². The number of aliphatic hydroxyl groups excluding tert-OH is 1. The molecule has 0 aliphatic heterocycles. The summed E-state index contributed by atoms with van der Waals surface area (Å²) in [6.07, 6.45) is 1.87. The van der Waals surface area contributed by atoms with Crippen LogP contribution in [0.3, 0.4) is 0 Å². The number of thioether (sulfide) groups is 1. The Kier molecular flexibility index (Phi) is 4.61. The van der Waals surface area contributed by atoms with Crippen molar-refractivity contribution in [2.45, 2.75) is 11.6 Å². The largest absolute Gasteiger partial charge is 0.497 e. The molecule has 0 saturated carbocycles. The second-order valence-corrected chi connectivity index (χ2v) is 4.85. The van der Waals surface area contributed by atoms with Crippen molar-refractivity contribution >= 4 is 11.8 Å². The number of aliphatic hydroxyl groups is 1. The average molecular weight is 286 g/mol. The van der Waals surface area contributed by atoms with Crippen molar-refractivity contribution in [2.75, 3.05) is 13.4 Å². The third kappa shape index (κ3) is 2.77. The molecule has 1 N–H and O–H groups in total. The first-order valence-electron chi connectivity index (χ1n) is 5.96. The predicted molar refractivity (Wildman–Crippen MR) is 78.6 cm³/mol. The molecule has 2 aromatic rings. The van der Waals surface area contributed by atoms with Gasteiger partial charge < -0.3 is 9.84 Å². The van der Waals surface area contributed by atoms with Crippen LogP contribution in [0.5, 0.6) is 5.75 Å². The summed E-state index contributed by atoms with van der Waals surface area (Å²) in [5.41, 5.74) is 2.64. The van der Waals surface area contributed by atoms with Crippen molar-refractivity contribution in [1.29, 1.82) is 5.26 Å². The number of nitrogens with zero attached hydrogens (tertiary/aromatic N) is 2. The van der Waals surface area contributed by atoms with Crippen LogP contribution < -0.4 is 4.74 Å². The molecular formula is C15H14N2O2S. The highest BCUT2D eigenvalue weighted by Crippen LogP contribution is 2.29. The monoisotopic (exact) mass is 286 g/mol. The lowest BCUT2D eigenvalue weighted by Gasteiger charge is -2.11. The molecule has 0 atom stereocenters. The highest BCUT2D eigenvalue weighted by Gasteiger charge is 2.13. The second kappa shape index (κ2) is 6.42. The molecule has 0 fully saturated rings. The van der Waals surface area contributed by atoms with Crippen LogP contribution in [0.15, 0.2) is 35.4 Å². The summed E-state index contributed by atoms with van der Waals surface area (Å²) < 4.78 is 5.20. The van der Waals surface area contributed by atoms with Crippen LogP contribution in [0.25, 0.3) is 11.3 Å². The lowest BCUT2D eigenvalue weighted by molar-refractivity contribution is 0.282. The summed E-state index contributed by atoms with van der Waals surface area (Å²) in [5, 5.41) is 19.3. The van der Waals surface area contributed by atoms with Gasteiger partial charge in [-0.05, 0) is 24.5 Å². The summed E-state index contributed by atoms with van der Waals surface area (Å²) in [6.45, 7) is -0.164. The number of ether oxygens (including phenoxy) is 1. The van der Waals surface area contributed by atoms with E-state index in [1.54, 1.807) is 13.2 Å². The number of hydrogen-bond acceptors (Lipinski definition) is 5. The number of nitriles is 1. The van der Waals surface area contributed by atoms with Crippen LogP contribution in [-0.2, 0) is 6.61 Å². The Morgan fingerprint density at radius 1 is 1.40 bits per heavy atom. The van der Waals surface area contributed by atoms with E-state index in [0.717, 1.165) is 11.3 Å². The van der Waals surface area contributed by atoms with Crippen LogP contribution in [0, 0.1) is 11.3 Å². The van der Waals surface area contributed by atoms with E-state index in [1.807, 2.05) is 30.5 Å².